The number of hydrogen-bond acceptors (Lipinski definition) is 5. The number of aromatic nitrogens is 4. The first-order valence-corrected chi connectivity index (χ1v) is 9.06. The zero-order valence-corrected chi connectivity index (χ0v) is 15.0. The van der Waals surface area contributed by atoms with Gasteiger partial charge >= 0.3 is 0 Å². The van der Waals surface area contributed by atoms with Crippen LogP contribution in [0, 0.1) is 5.41 Å². The number of H-pyrrole nitrogens is 1. The second-order valence-corrected chi connectivity index (χ2v) is 6.78. The number of imidazole rings is 2. The zero-order chi connectivity index (χ0) is 19.3. The average Bonchev–Trinajstić information content (AvgIpc) is 3.29. The van der Waals surface area contributed by atoms with Crippen LogP contribution < -0.4 is 11.1 Å². The lowest BCUT2D eigenvalue weighted by Gasteiger charge is -2.10. The van der Waals surface area contributed by atoms with Crippen LogP contribution in [0.2, 0.25) is 0 Å². The molecule has 6 N–H and O–H groups in total. The predicted molar refractivity (Wildman–Crippen MR) is 107 cm³/mol. The summed E-state index contributed by atoms with van der Waals surface area (Å²) in [5, 5.41) is 22.4. The molecule has 0 bridgehead atoms. The van der Waals surface area contributed by atoms with E-state index in [-0.39, 0.29) is 11.7 Å². The summed E-state index contributed by atoms with van der Waals surface area (Å²) in [6.07, 6.45) is 0.854. The lowest BCUT2D eigenvalue weighted by Crippen LogP contribution is -2.23. The van der Waals surface area contributed by atoms with Gasteiger partial charge in [-0.25, -0.2) is 9.97 Å². The van der Waals surface area contributed by atoms with E-state index in [1.165, 1.54) is 4.57 Å². The molecule has 0 aliphatic carbocycles. The van der Waals surface area contributed by atoms with E-state index < -0.39 is 0 Å². The van der Waals surface area contributed by atoms with Crippen molar-refractivity contribution in [3.05, 3.63) is 53.9 Å². The molecule has 0 atom stereocenters. The number of rotatable bonds is 2. The Morgan fingerprint density at radius 3 is 2.75 bits per heavy atom. The van der Waals surface area contributed by atoms with E-state index in [0.29, 0.717) is 33.8 Å². The first kappa shape index (κ1) is 16.5. The molecule has 4 aromatic rings. The van der Waals surface area contributed by atoms with Gasteiger partial charge in [0.15, 0.2) is 11.8 Å². The van der Waals surface area contributed by atoms with Gasteiger partial charge in [0.2, 0.25) is 0 Å². The first-order chi connectivity index (χ1) is 13.6. The van der Waals surface area contributed by atoms with E-state index in [2.05, 4.69) is 20.3 Å². The van der Waals surface area contributed by atoms with Crippen molar-refractivity contribution >= 4 is 17.0 Å². The van der Waals surface area contributed by atoms with Crippen LogP contribution in [-0.2, 0) is 13.0 Å². The molecule has 0 fully saturated rings. The fraction of sp³-hybridized carbons (Fsp3) is 0.150. The van der Waals surface area contributed by atoms with E-state index in [4.69, 9.17) is 11.1 Å². The highest BCUT2D eigenvalue weighted by Gasteiger charge is 2.22. The molecule has 0 unspecified atom stereocenters. The first-order valence-electron chi connectivity index (χ1n) is 9.06. The van der Waals surface area contributed by atoms with E-state index in [1.54, 1.807) is 6.07 Å². The Balaban J connectivity index is 1.70. The maximum atomic E-state index is 11.0. The number of nitrogens with zero attached hydrogens (tertiary/aromatic N) is 3. The standard InChI is InChI=1S/C20H19N7O/c21-20(22)27-16-7-2-1-6-14(16)26-19(27)12-5-3-4-11(17(12)28)18-24-13-8-9-23-10-15(13)25-18/h1-7,23,28H,8-10H2,(H3,21,22)(H,24,25). The maximum absolute atomic E-state index is 11.0. The number of nitrogens with one attached hydrogen (secondary N) is 3. The van der Waals surface area contributed by atoms with Gasteiger partial charge in [0.25, 0.3) is 0 Å². The van der Waals surface area contributed by atoms with Crippen molar-refractivity contribution in [3.63, 3.8) is 0 Å². The molecule has 1 aliphatic heterocycles. The number of fused-ring (bicyclic) bond motifs is 2. The van der Waals surface area contributed by atoms with Crippen molar-refractivity contribution in [1.29, 1.82) is 5.41 Å². The van der Waals surface area contributed by atoms with E-state index in [9.17, 15) is 5.11 Å². The predicted octanol–water partition coefficient (Wildman–Crippen LogP) is 2.19. The summed E-state index contributed by atoms with van der Waals surface area (Å²) in [5.41, 5.74) is 10.4. The lowest BCUT2D eigenvalue weighted by molar-refractivity contribution is 0.478. The molecule has 0 amide bonds. The fourth-order valence-electron chi connectivity index (χ4n) is 3.71. The Morgan fingerprint density at radius 2 is 1.93 bits per heavy atom. The molecule has 8 heteroatoms. The summed E-state index contributed by atoms with van der Waals surface area (Å²) in [5.74, 6) is 0.942. The van der Waals surface area contributed by atoms with Gasteiger partial charge in [0.1, 0.15) is 11.6 Å². The van der Waals surface area contributed by atoms with Crippen LogP contribution in [0.3, 0.4) is 0 Å². The number of hydrogen-bond donors (Lipinski definition) is 5. The quantitative estimate of drug-likeness (QED) is 0.272. The number of benzene rings is 2. The highest BCUT2D eigenvalue weighted by Crippen LogP contribution is 2.38. The van der Waals surface area contributed by atoms with Crippen LogP contribution in [0.25, 0.3) is 33.8 Å². The number of nitrogens with two attached hydrogens (primary N) is 1. The SMILES string of the molecule is N=C(N)n1c(-c2cccc(-c3nc4c([nH]3)CNCC4)c2O)nc2ccccc21. The summed E-state index contributed by atoms with van der Waals surface area (Å²) in [4.78, 5) is 12.6. The average molecular weight is 373 g/mol. The molecular formula is C20H19N7O. The largest absolute Gasteiger partial charge is 0.506 e. The normalized spacial score (nSPS) is 13.6. The Kier molecular flexibility index (Phi) is 3.66. The Morgan fingerprint density at radius 1 is 1.11 bits per heavy atom. The second kappa shape index (κ2) is 6.21. The van der Waals surface area contributed by atoms with Crippen molar-refractivity contribution in [2.24, 2.45) is 5.73 Å². The highest BCUT2D eigenvalue weighted by atomic mass is 16.3. The summed E-state index contributed by atoms with van der Waals surface area (Å²) < 4.78 is 1.53. The van der Waals surface area contributed by atoms with Crippen molar-refractivity contribution in [3.8, 4) is 28.5 Å². The van der Waals surface area contributed by atoms with Gasteiger partial charge in [-0.2, -0.15) is 0 Å². The number of phenolic OH excluding ortho intramolecular Hbond substituents is 1. The molecular weight excluding hydrogens is 354 g/mol. The minimum absolute atomic E-state index is 0.0550. The van der Waals surface area contributed by atoms with Gasteiger partial charge in [-0.1, -0.05) is 18.2 Å². The van der Waals surface area contributed by atoms with Crippen LogP contribution in [0.5, 0.6) is 5.75 Å². The molecule has 0 spiro atoms. The maximum Gasteiger partial charge on any atom is 0.198 e. The minimum Gasteiger partial charge on any atom is -0.506 e. The summed E-state index contributed by atoms with van der Waals surface area (Å²) in [6.45, 7) is 1.63. The van der Waals surface area contributed by atoms with Crippen molar-refractivity contribution in [2.45, 2.75) is 13.0 Å². The Bertz CT molecular complexity index is 1200. The topological polar surface area (TPSA) is 129 Å². The minimum atomic E-state index is -0.159. The molecule has 0 saturated carbocycles. The molecule has 5 rings (SSSR count). The Labute approximate surface area is 160 Å². The number of phenols is 1. The van der Waals surface area contributed by atoms with Crippen LogP contribution in [-0.4, -0.2) is 37.1 Å². The molecule has 2 aromatic carbocycles. The van der Waals surface area contributed by atoms with Crippen molar-refractivity contribution in [2.75, 3.05) is 6.54 Å². The van der Waals surface area contributed by atoms with Gasteiger partial charge in [0, 0.05) is 19.5 Å². The van der Waals surface area contributed by atoms with Gasteiger partial charge < -0.3 is 21.1 Å². The van der Waals surface area contributed by atoms with Crippen LogP contribution >= 0.6 is 0 Å². The number of nitrogen functional groups attached to an aromatic ring is 1. The molecule has 2 aromatic heterocycles. The third-order valence-corrected chi connectivity index (χ3v) is 5.04. The highest BCUT2D eigenvalue weighted by molar-refractivity contribution is 5.95. The number of aromatic amines is 1. The van der Waals surface area contributed by atoms with Crippen LogP contribution in [0.4, 0.5) is 0 Å². The second-order valence-electron chi connectivity index (χ2n) is 6.78. The van der Waals surface area contributed by atoms with Gasteiger partial charge in [-0.15, -0.1) is 0 Å². The van der Waals surface area contributed by atoms with E-state index in [1.807, 2.05) is 36.4 Å². The Hall–Kier alpha value is -3.65. The molecule has 140 valence electrons. The number of aromatic hydroxyl groups is 1. The third kappa shape index (κ3) is 2.46. The molecule has 8 nitrogen and oxygen atoms in total. The number of para-hydroxylation sites is 3. The van der Waals surface area contributed by atoms with Gasteiger partial charge in [-0.3, -0.25) is 9.98 Å². The monoisotopic (exact) mass is 373 g/mol. The molecule has 0 saturated heterocycles. The molecule has 3 heterocycles. The molecule has 1 aliphatic rings. The summed E-state index contributed by atoms with van der Waals surface area (Å²) in [7, 11) is 0. The smallest absolute Gasteiger partial charge is 0.198 e. The summed E-state index contributed by atoms with van der Waals surface area (Å²) >= 11 is 0. The third-order valence-electron chi connectivity index (χ3n) is 5.04. The van der Waals surface area contributed by atoms with E-state index >= 15 is 0 Å². The summed E-state index contributed by atoms with van der Waals surface area (Å²) in [6, 6.07) is 12.9. The molecule has 0 radical (unpaired) electrons. The fourth-order valence-corrected chi connectivity index (χ4v) is 3.71. The van der Waals surface area contributed by atoms with Gasteiger partial charge in [0.05, 0.1) is 33.5 Å². The van der Waals surface area contributed by atoms with Crippen LogP contribution in [0.15, 0.2) is 42.5 Å². The van der Waals surface area contributed by atoms with Crippen LogP contribution in [0.1, 0.15) is 11.4 Å². The van der Waals surface area contributed by atoms with Crippen molar-refractivity contribution < 1.29 is 5.11 Å². The lowest BCUT2D eigenvalue weighted by atomic mass is 10.1. The zero-order valence-electron chi connectivity index (χ0n) is 15.0. The van der Waals surface area contributed by atoms with Gasteiger partial charge in [-0.05, 0) is 24.3 Å². The van der Waals surface area contributed by atoms with E-state index in [0.717, 1.165) is 30.9 Å². The molecule has 28 heavy (non-hydrogen) atoms. The van der Waals surface area contributed by atoms with Crippen molar-refractivity contribution in [1.82, 2.24) is 24.8 Å².